The lowest BCUT2D eigenvalue weighted by Crippen LogP contribution is -2.35. The van der Waals surface area contributed by atoms with Gasteiger partial charge in [0.15, 0.2) is 11.5 Å². The summed E-state index contributed by atoms with van der Waals surface area (Å²) < 4.78 is 35.0. The Morgan fingerprint density at radius 2 is 1.81 bits per heavy atom. The van der Waals surface area contributed by atoms with Gasteiger partial charge in [-0.1, -0.05) is 0 Å². The van der Waals surface area contributed by atoms with Gasteiger partial charge in [-0.05, 0) is 25.1 Å². The number of nitrogens with one attached hydrogen (secondary N) is 2. The van der Waals surface area contributed by atoms with Crippen LogP contribution in [-0.2, 0) is 10.0 Å². The van der Waals surface area contributed by atoms with Gasteiger partial charge in [0.25, 0.3) is 5.91 Å². The number of benzene rings is 1. The minimum Gasteiger partial charge on any atom is -0.493 e. The molecule has 7 nitrogen and oxygen atoms in total. The number of sulfonamides is 1. The maximum Gasteiger partial charge on any atom is 0.251 e. The standard InChI is InChI=1S/C13H20N2O5S/c1-4-21(17,18)15-8-7-14-13(16)10-5-6-11(19-2)12(9-10)20-3/h5-6,9,15H,4,7-8H2,1-3H3,(H,14,16). The van der Waals surface area contributed by atoms with Crippen molar-refractivity contribution in [1.82, 2.24) is 10.0 Å². The van der Waals surface area contributed by atoms with Gasteiger partial charge in [-0.3, -0.25) is 4.79 Å². The van der Waals surface area contributed by atoms with Gasteiger partial charge in [-0.25, -0.2) is 13.1 Å². The normalized spacial score (nSPS) is 11.0. The molecular formula is C13H20N2O5S. The topological polar surface area (TPSA) is 93.7 Å². The molecule has 2 N–H and O–H groups in total. The Kier molecular flexibility index (Phi) is 6.44. The molecule has 1 amide bonds. The largest absolute Gasteiger partial charge is 0.493 e. The molecule has 0 heterocycles. The molecule has 0 unspecified atom stereocenters. The molecule has 0 saturated heterocycles. The summed E-state index contributed by atoms with van der Waals surface area (Å²) in [6, 6.07) is 4.80. The van der Waals surface area contributed by atoms with Crippen molar-refractivity contribution in [2.45, 2.75) is 6.92 Å². The quantitative estimate of drug-likeness (QED) is 0.676. The van der Waals surface area contributed by atoms with Crippen LogP contribution in [0.15, 0.2) is 18.2 Å². The molecule has 0 aromatic heterocycles. The number of hydrogen-bond acceptors (Lipinski definition) is 5. The highest BCUT2D eigenvalue weighted by molar-refractivity contribution is 7.89. The summed E-state index contributed by atoms with van der Waals surface area (Å²) in [6.45, 7) is 1.89. The number of ether oxygens (including phenoxy) is 2. The summed E-state index contributed by atoms with van der Waals surface area (Å²) >= 11 is 0. The van der Waals surface area contributed by atoms with Gasteiger partial charge in [0.1, 0.15) is 0 Å². The van der Waals surface area contributed by atoms with E-state index >= 15 is 0 Å². The second kappa shape index (κ2) is 7.84. The Morgan fingerprint density at radius 1 is 1.14 bits per heavy atom. The van der Waals surface area contributed by atoms with Gasteiger partial charge in [0.2, 0.25) is 10.0 Å². The zero-order valence-electron chi connectivity index (χ0n) is 12.3. The highest BCUT2D eigenvalue weighted by atomic mass is 32.2. The average Bonchev–Trinajstić information content (AvgIpc) is 2.50. The molecule has 21 heavy (non-hydrogen) atoms. The lowest BCUT2D eigenvalue weighted by Gasteiger charge is -2.10. The van der Waals surface area contributed by atoms with Crippen molar-refractivity contribution in [2.75, 3.05) is 33.1 Å². The maximum atomic E-state index is 11.9. The molecule has 0 aliphatic rings. The Labute approximate surface area is 124 Å². The van der Waals surface area contributed by atoms with Crippen LogP contribution in [0.4, 0.5) is 0 Å². The van der Waals surface area contributed by atoms with Crippen LogP contribution in [0.3, 0.4) is 0 Å². The summed E-state index contributed by atoms with van der Waals surface area (Å²) in [5.41, 5.74) is 0.408. The molecule has 0 aliphatic heterocycles. The van der Waals surface area contributed by atoms with E-state index < -0.39 is 10.0 Å². The van der Waals surface area contributed by atoms with Crippen molar-refractivity contribution in [3.63, 3.8) is 0 Å². The number of amides is 1. The van der Waals surface area contributed by atoms with E-state index in [1.54, 1.807) is 25.1 Å². The fraction of sp³-hybridized carbons (Fsp3) is 0.462. The molecule has 0 spiro atoms. The average molecular weight is 316 g/mol. The summed E-state index contributed by atoms with van der Waals surface area (Å²) in [5, 5.41) is 2.62. The third-order valence-electron chi connectivity index (χ3n) is 2.76. The first kappa shape index (κ1) is 17.3. The predicted molar refractivity (Wildman–Crippen MR) is 79.3 cm³/mol. The molecule has 8 heteroatoms. The summed E-state index contributed by atoms with van der Waals surface area (Å²) in [7, 11) is -0.243. The van der Waals surface area contributed by atoms with Gasteiger partial charge in [-0.2, -0.15) is 0 Å². The second-order valence-electron chi connectivity index (χ2n) is 4.12. The lowest BCUT2D eigenvalue weighted by molar-refractivity contribution is 0.0954. The molecule has 0 radical (unpaired) electrons. The van der Waals surface area contributed by atoms with Gasteiger partial charge in [0.05, 0.1) is 20.0 Å². The third kappa shape index (κ3) is 5.24. The number of carbonyl (C=O) groups is 1. The molecule has 0 bridgehead atoms. The predicted octanol–water partition coefficient (Wildman–Crippen LogP) is 0.373. The van der Waals surface area contributed by atoms with E-state index in [1.165, 1.54) is 14.2 Å². The molecule has 1 rings (SSSR count). The van der Waals surface area contributed by atoms with E-state index in [-0.39, 0.29) is 24.7 Å². The minimum atomic E-state index is -3.24. The monoisotopic (exact) mass is 316 g/mol. The molecule has 0 aliphatic carbocycles. The second-order valence-corrected chi connectivity index (χ2v) is 6.22. The summed E-state index contributed by atoms with van der Waals surface area (Å²) in [6.07, 6.45) is 0. The van der Waals surface area contributed by atoms with Crippen LogP contribution in [0.25, 0.3) is 0 Å². The highest BCUT2D eigenvalue weighted by Gasteiger charge is 2.11. The Morgan fingerprint density at radius 3 is 2.38 bits per heavy atom. The number of carbonyl (C=O) groups excluding carboxylic acids is 1. The van der Waals surface area contributed by atoms with E-state index in [0.717, 1.165) is 0 Å². The van der Waals surface area contributed by atoms with Crippen LogP contribution in [-0.4, -0.2) is 47.4 Å². The van der Waals surface area contributed by atoms with Gasteiger partial charge in [0, 0.05) is 18.7 Å². The fourth-order valence-electron chi connectivity index (χ4n) is 1.56. The van der Waals surface area contributed by atoms with Gasteiger partial charge in [-0.15, -0.1) is 0 Å². The minimum absolute atomic E-state index is 0.0105. The van der Waals surface area contributed by atoms with Crippen molar-refractivity contribution >= 4 is 15.9 Å². The highest BCUT2D eigenvalue weighted by Crippen LogP contribution is 2.27. The van der Waals surface area contributed by atoms with Crippen molar-refractivity contribution in [2.24, 2.45) is 0 Å². The number of methoxy groups -OCH3 is 2. The van der Waals surface area contributed by atoms with Crippen LogP contribution in [0.2, 0.25) is 0 Å². The first-order valence-corrected chi connectivity index (χ1v) is 8.06. The van der Waals surface area contributed by atoms with Gasteiger partial charge >= 0.3 is 0 Å². The van der Waals surface area contributed by atoms with Crippen LogP contribution >= 0.6 is 0 Å². The molecule has 1 aromatic rings. The van der Waals surface area contributed by atoms with Crippen molar-refractivity contribution < 1.29 is 22.7 Å². The number of hydrogen-bond donors (Lipinski definition) is 2. The van der Waals surface area contributed by atoms with E-state index in [2.05, 4.69) is 10.0 Å². The van der Waals surface area contributed by atoms with E-state index in [1.807, 2.05) is 0 Å². The summed E-state index contributed by atoms with van der Waals surface area (Å²) in [5.74, 6) is 0.685. The van der Waals surface area contributed by atoms with Crippen LogP contribution in [0, 0.1) is 0 Å². The fourth-order valence-corrected chi connectivity index (χ4v) is 2.18. The maximum absolute atomic E-state index is 11.9. The lowest BCUT2D eigenvalue weighted by atomic mass is 10.2. The zero-order chi connectivity index (χ0) is 15.9. The van der Waals surface area contributed by atoms with Gasteiger partial charge < -0.3 is 14.8 Å². The van der Waals surface area contributed by atoms with Crippen LogP contribution < -0.4 is 19.5 Å². The number of rotatable bonds is 8. The van der Waals surface area contributed by atoms with E-state index in [4.69, 9.17) is 9.47 Å². The first-order valence-electron chi connectivity index (χ1n) is 6.41. The van der Waals surface area contributed by atoms with Crippen LogP contribution in [0.5, 0.6) is 11.5 Å². The Hall–Kier alpha value is -1.80. The molecule has 0 atom stereocenters. The SMILES string of the molecule is CCS(=O)(=O)NCCNC(=O)c1ccc(OC)c(OC)c1. The molecule has 118 valence electrons. The third-order valence-corrected chi connectivity index (χ3v) is 4.16. The Balaban J connectivity index is 2.56. The van der Waals surface area contributed by atoms with E-state index in [9.17, 15) is 13.2 Å². The van der Waals surface area contributed by atoms with Crippen molar-refractivity contribution in [1.29, 1.82) is 0 Å². The summed E-state index contributed by atoms with van der Waals surface area (Å²) in [4.78, 5) is 11.9. The molecule has 0 fully saturated rings. The smallest absolute Gasteiger partial charge is 0.251 e. The first-order chi connectivity index (χ1) is 9.93. The molecule has 1 aromatic carbocycles. The van der Waals surface area contributed by atoms with Crippen molar-refractivity contribution in [3.8, 4) is 11.5 Å². The molecule has 0 saturated carbocycles. The molecular weight excluding hydrogens is 296 g/mol. The zero-order valence-corrected chi connectivity index (χ0v) is 13.1. The van der Waals surface area contributed by atoms with Crippen LogP contribution in [0.1, 0.15) is 17.3 Å². The van der Waals surface area contributed by atoms with E-state index in [0.29, 0.717) is 17.1 Å². The Bertz CT molecular complexity index is 586. The van der Waals surface area contributed by atoms with Crippen molar-refractivity contribution in [3.05, 3.63) is 23.8 Å².